The molecule has 0 bridgehead atoms. The quantitative estimate of drug-likeness (QED) is 0.741. The van der Waals surface area contributed by atoms with Gasteiger partial charge in [-0.1, -0.05) is 39.8 Å². The van der Waals surface area contributed by atoms with E-state index < -0.39 is 0 Å². The average Bonchev–Trinajstić information content (AvgIpc) is 2.27. The van der Waals surface area contributed by atoms with Crippen molar-refractivity contribution in [2.75, 3.05) is 19.6 Å². The fourth-order valence-electron chi connectivity index (χ4n) is 2.91. The zero-order valence-corrected chi connectivity index (χ0v) is 12.3. The van der Waals surface area contributed by atoms with Gasteiger partial charge in [-0.15, -0.1) is 0 Å². The molecule has 17 heavy (non-hydrogen) atoms. The van der Waals surface area contributed by atoms with Gasteiger partial charge in [0.2, 0.25) is 0 Å². The molecule has 100 valence electrons. The lowest BCUT2D eigenvalue weighted by molar-refractivity contribution is 0.0582. The van der Waals surface area contributed by atoms with E-state index in [9.17, 15) is 0 Å². The zero-order valence-electron chi connectivity index (χ0n) is 12.3. The number of nitrogens with zero attached hydrogens (tertiary/aromatic N) is 1. The van der Waals surface area contributed by atoms with E-state index in [2.05, 4.69) is 51.4 Å². The summed E-state index contributed by atoms with van der Waals surface area (Å²) in [6, 6.07) is 0.651. The Morgan fingerprint density at radius 3 is 2.41 bits per heavy atom. The van der Waals surface area contributed by atoms with Gasteiger partial charge in [0.1, 0.15) is 0 Å². The Balaban J connectivity index is 2.79. The second kappa shape index (κ2) is 6.01. The molecule has 0 spiro atoms. The molecule has 0 amide bonds. The smallest absolute Gasteiger partial charge is 0.0304 e. The van der Waals surface area contributed by atoms with Crippen LogP contribution in [-0.2, 0) is 0 Å². The van der Waals surface area contributed by atoms with Gasteiger partial charge in [-0.05, 0) is 25.7 Å². The number of hydrogen-bond acceptors (Lipinski definition) is 2. The minimum atomic E-state index is 0.320. The van der Waals surface area contributed by atoms with Crippen molar-refractivity contribution in [1.29, 1.82) is 0 Å². The molecular formula is C15H30N2. The van der Waals surface area contributed by atoms with Crippen LogP contribution in [0.1, 0.15) is 47.5 Å². The van der Waals surface area contributed by atoms with E-state index in [1.807, 2.05) is 0 Å². The second-order valence-corrected chi connectivity index (χ2v) is 6.04. The van der Waals surface area contributed by atoms with Crippen LogP contribution in [0.4, 0.5) is 0 Å². The van der Waals surface area contributed by atoms with Crippen LogP contribution in [0, 0.1) is 5.92 Å². The summed E-state index contributed by atoms with van der Waals surface area (Å²) in [6.45, 7) is 18.8. The van der Waals surface area contributed by atoms with Crippen LogP contribution in [-0.4, -0.2) is 36.1 Å². The minimum Gasteiger partial charge on any atom is -0.308 e. The first-order valence-corrected chi connectivity index (χ1v) is 7.07. The van der Waals surface area contributed by atoms with Crippen molar-refractivity contribution in [3.8, 4) is 0 Å². The second-order valence-electron chi connectivity index (χ2n) is 6.04. The number of rotatable bonds is 5. The van der Waals surface area contributed by atoms with Gasteiger partial charge in [-0.2, -0.15) is 0 Å². The molecule has 0 aromatic rings. The van der Waals surface area contributed by atoms with Crippen molar-refractivity contribution in [2.24, 2.45) is 5.92 Å². The maximum atomic E-state index is 4.08. The lowest BCUT2D eigenvalue weighted by Gasteiger charge is -2.49. The Morgan fingerprint density at radius 1 is 1.41 bits per heavy atom. The third-order valence-electron chi connectivity index (χ3n) is 4.26. The molecule has 1 rings (SSSR count). The van der Waals surface area contributed by atoms with E-state index in [4.69, 9.17) is 0 Å². The van der Waals surface area contributed by atoms with Crippen molar-refractivity contribution in [3.63, 3.8) is 0 Å². The third-order valence-corrected chi connectivity index (χ3v) is 4.26. The van der Waals surface area contributed by atoms with Crippen LogP contribution >= 0.6 is 0 Å². The predicted octanol–water partition coefficient (Wildman–Crippen LogP) is 3.05. The molecule has 1 atom stereocenters. The highest BCUT2D eigenvalue weighted by Gasteiger charge is 2.37. The summed E-state index contributed by atoms with van der Waals surface area (Å²) >= 11 is 0. The zero-order chi connectivity index (χ0) is 13.1. The number of hydrogen-bond donors (Lipinski definition) is 1. The summed E-state index contributed by atoms with van der Waals surface area (Å²) in [7, 11) is 0. The number of piperazine rings is 1. The average molecular weight is 238 g/mol. The molecule has 0 aromatic heterocycles. The highest BCUT2D eigenvalue weighted by atomic mass is 15.3. The summed E-state index contributed by atoms with van der Waals surface area (Å²) in [6.07, 6.45) is 2.42. The van der Waals surface area contributed by atoms with Crippen LogP contribution < -0.4 is 5.32 Å². The highest BCUT2D eigenvalue weighted by Crippen LogP contribution is 2.26. The first-order chi connectivity index (χ1) is 7.94. The summed E-state index contributed by atoms with van der Waals surface area (Å²) in [5, 5.41) is 3.80. The molecule has 1 heterocycles. The summed E-state index contributed by atoms with van der Waals surface area (Å²) in [5.41, 5.74) is 1.60. The van der Waals surface area contributed by atoms with Gasteiger partial charge < -0.3 is 5.32 Å². The first-order valence-electron chi connectivity index (χ1n) is 7.07. The molecule has 1 fully saturated rings. The van der Waals surface area contributed by atoms with Gasteiger partial charge in [0.15, 0.2) is 0 Å². The largest absolute Gasteiger partial charge is 0.308 e. The molecule has 0 aromatic carbocycles. The van der Waals surface area contributed by atoms with E-state index in [0.29, 0.717) is 17.5 Å². The third kappa shape index (κ3) is 3.56. The van der Waals surface area contributed by atoms with E-state index in [1.54, 1.807) is 0 Å². The predicted molar refractivity (Wildman–Crippen MR) is 76.3 cm³/mol. The Bertz CT molecular complexity index is 254. The Labute approximate surface area is 107 Å². The van der Waals surface area contributed by atoms with E-state index in [1.165, 1.54) is 18.4 Å². The SMILES string of the molecule is C=C(C)CN1CC(CC)(CC)NCC1C(C)C. The molecule has 0 radical (unpaired) electrons. The molecular weight excluding hydrogens is 208 g/mol. The van der Waals surface area contributed by atoms with E-state index in [-0.39, 0.29) is 0 Å². The van der Waals surface area contributed by atoms with E-state index >= 15 is 0 Å². The molecule has 2 nitrogen and oxygen atoms in total. The lowest BCUT2D eigenvalue weighted by Crippen LogP contribution is -2.65. The Kier molecular flexibility index (Phi) is 5.21. The topological polar surface area (TPSA) is 15.3 Å². The molecule has 0 aliphatic carbocycles. The van der Waals surface area contributed by atoms with Crippen molar-refractivity contribution in [2.45, 2.75) is 59.0 Å². The molecule has 2 heteroatoms. The first kappa shape index (κ1) is 14.7. The van der Waals surface area contributed by atoms with Gasteiger partial charge in [0, 0.05) is 31.2 Å². The minimum absolute atomic E-state index is 0.320. The van der Waals surface area contributed by atoms with Crippen molar-refractivity contribution in [3.05, 3.63) is 12.2 Å². The maximum Gasteiger partial charge on any atom is 0.0304 e. The van der Waals surface area contributed by atoms with Gasteiger partial charge in [0.05, 0.1) is 0 Å². The van der Waals surface area contributed by atoms with Crippen LogP contribution in [0.2, 0.25) is 0 Å². The van der Waals surface area contributed by atoms with Gasteiger partial charge in [-0.3, -0.25) is 4.90 Å². The fourth-order valence-corrected chi connectivity index (χ4v) is 2.91. The summed E-state index contributed by atoms with van der Waals surface area (Å²) in [5.74, 6) is 0.702. The Morgan fingerprint density at radius 2 is 2.00 bits per heavy atom. The van der Waals surface area contributed by atoms with Crippen LogP contribution in [0.25, 0.3) is 0 Å². The fraction of sp³-hybridized carbons (Fsp3) is 0.867. The normalized spacial score (nSPS) is 25.2. The molecule has 1 saturated heterocycles. The molecule has 1 unspecified atom stereocenters. The van der Waals surface area contributed by atoms with Crippen molar-refractivity contribution >= 4 is 0 Å². The van der Waals surface area contributed by atoms with Crippen molar-refractivity contribution < 1.29 is 0 Å². The molecule has 1 aliphatic rings. The van der Waals surface area contributed by atoms with Gasteiger partial charge in [-0.25, -0.2) is 0 Å². The van der Waals surface area contributed by atoms with Gasteiger partial charge in [0.25, 0.3) is 0 Å². The highest BCUT2D eigenvalue weighted by molar-refractivity contribution is 5.02. The van der Waals surface area contributed by atoms with E-state index in [0.717, 1.165) is 19.6 Å². The van der Waals surface area contributed by atoms with Crippen molar-refractivity contribution in [1.82, 2.24) is 10.2 Å². The monoisotopic (exact) mass is 238 g/mol. The summed E-state index contributed by atoms with van der Waals surface area (Å²) < 4.78 is 0. The lowest BCUT2D eigenvalue weighted by atomic mass is 9.86. The number of nitrogens with one attached hydrogen (secondary N) is 1. The maximum absolute atomic E-state index is 4.08. The van der Waals surface area contributed by atoms with Crippen LogP contribution in [0.15, 0.2) is 12.2 Å². The molecule has 0 saturated carbocycles. The summed E-state index contributed by atoms with van der Waals surface area (Å²) in [4.78, 5) is 2.64. The van der Waals surface area contributed by atoms with Crippen LogP contribution in [0.5, 0.6) is 0 Å². The Hall–Kier alpha value is -0.340. The molecule has 1 aliphatic heterocycles. The molecule has 1 N–H and O–H groups in total. The van der Waals surface area contributed by atoms with Crippen LogP contribution in [0.3, 0.4) is 0 Å². The standard InChI is InChI=1S/C15H30N2/c1-7-15(8-2)11-17(10-12(3)4)14(9-16-15)13(5)6/h13-14,16H,3,7-11H2,1-2,4-6H3. The van der Waals surface area contributed by atoms with Gasteiger partial charge >= 0.3 is 0 Å².